The van der Waals surface area contributed by atoms with Gasteiger partial charge in [-0.05, 0) is 53.9 Å². The van der Waals surface area contributed by atoms with Gasteiger partial charge in [0.05, 0.1) is 0 Å². The summed E-state index contributed by atoms with van der Waals surface area (Å²) in [5.74, 6) is 0. The Bertz CT molecular complexity index is 754. The minimum atomic E-state index is 0.798. The Balaban J connectivity index is 1.71. The zero-order valence-electron chi connectivity index (χ0n) is 12.4. The highest BCUT2D eigenvalue weighted by atomic mass is 32.1. The van der Waals surface area contributed by atoms with Gasteiger partial charge >= 0.3 is 0 Å². The predicted octanol–water partition coefficient (Wildman–Crippen LogP) is 4.39. The highest BCUT2D eigenvalue weighted by molar-refractivity contribution is 7.12. The predicted molar refractivity (Wildman–Crippen MR) is 92.7 cm³/mol. The maximum atomic E-state index is 6.16. The van der Waals surface area contributed by atoms with Crippen LogP contribution < -0.4 is 11.1 Å². The molecule has 0 bridgehead atoms. The second-order valence-electron chi connectivity index (χ2n) is 5.45. The average Bonchev–Trinajstić information content (AvgIpc) is 2.78. The quantitative estimate of drug-likeness (QED) is 0.701. The zero-order valence-corrected chi connectivity index (χ0v) is 13.3. The first-order chi connectivity index (χ1) is 10.1. The summed E-state index contributed by atoms with van der Waals surface area (Å²) in [5.41, 5.74) is 9.56. The lowest BCUT2D eigenvalue weighted by atomic mass is 10.1. The summed E-state index contributed by atoms with van der Waals surface area (Å²) < 4.78 is 0. The Morgan fingerprint density at radius 1 is 1.00 bits per heavy atom. The van der Waals surface area contributed by atoms with Gasteiger partial charge in [-0.1, -0.05) is 24.3 Å². The molecule has 108 valence electrons. The molecule has 0 saturated carbocycles. The van der Waals surface area contributed by atoms with Gasteiger partial charge < -0.3 is 11.1 Å². The fourth-order valence-electron chi connectivity index (χ4n) is 2.52. The van der Waals surface area contributed by atoms with E-state index in [4.69, 9.17) is 5.73 Å². The normalized spacial score (nSPS) is 11.1. The molecule has 3 heteroatoms. The van der Waals surface area contributed by atoms with E-state index >= 15 is 0 Å². The highest BCUT2D eigenvalue weighted by Crippen LogP contribution is 2.23. The number of nitrogens with two attached hydrogens (primary N) is 1. The van der Waals surface area contributed by atoms with E-state index in [-0.39, 0.29) is 0 Å². The second kappa shape index (κ2) is 5.88. The first-order valence-electron chi connectivity index (χ1n) is 7.17. The molecule has 3 N–H and O–H groups in total. The molecule has 0 aliphatic heterocycles. The molecule has 1 heterocycles. The summed E-state index contributed by atoms with van der Waals surface area (Å²) >= 11 is 1.86. The van der Waals surface area contributed by atoms with Crippen LogP contribution in [0.5, 0.6) is 0 Å². The topological polar surface area (TPSA) is 38.0 Å². The summed E-state index contributed by atoms with van der Waals surface area (Å²) in [6.07, 6.45) is 0. The number of fused-ring (bicyclic) bond motifs is 1. The minimum absolute atomic E-state index is 0.798. The molecule has 2 nitrogen and oxygen atoms in total. The number of anilines is 1. The first kappa shape index (κ1) is 14.1. The zero-order chi connectivity index (χ0) is 14.8. The van der Waals surface area contributed by atoms with Gasteiger partial charge in [-0.3, -0.25) is 0 Å². The number of rotatable bonds is 4. The lowest BCUT2D eigenvalue weighted by molar-refractivity contribution is 0.702. The van der Waals surface area contributed by atoms with Crippen molar-refractivity contribution in [2.45, 2.75) is 26.9 Å². The molecule has 0 spiro atoms. The minimum Gasteiger partial charge on any atom is -0.398 e. The molecule has 0 unspecified atom stereocenters. The van der Waals surface area contributed by atoms with E-state index in [2.05, 4.69) is 55.6 Å². The van der Waals surface area contributed by atoms with E-state index in [1.165, 1.54) is 31.7 Å². The summed E-state index contributed by atoms with van der Waals surface area (Å²) in [6, 6.07) is 14.8. The van der Waals surface area contributed by atoms with Gasteiger partial charge in [-0.25, -0.2) is 0 Å². The van der Waals surface area contributed by atoms with Crippen molar-refractivity contribution < 1.29 is 0 Å². The third-order valence-corrected chi connectivity index (χ3v) is 4.99. The van der Waals surface area contributed by atoms with Crippen LogP contribution in [0.15, 0.2) is 42.5 Å². The monoisotopic (exact) mass is 296 g/mol. The number of nitrogens with one attached hydrogen (secondary N) is 1. The van der Waals surface area contributed by atoms with Crippen LogP contribution in [0.25, 0.3) is 10.8 Å². The summed E-state index contributed by atoms with van der Waals surface area (Å²) in [4.78, 5) is 2.78. The molecular formula is C18H20N2S. The molecule has 0 atom stereocenters. The van der Waals surface area contributed by atoms with Gasteiger partial charge in [-0.2, -0.15) is 0 Å². The van der Waals surface area contributed by atoms with Gasteiger partial charge in [-0.15, -0.1) is 11.3 Å². The number of aryl methyl sites for hydroxylation is 2. The maximum Gasteiger partial charge on any atom is 0.0366 e. The van der Waals surface area contributed by atoms with Gasteiger partial charge in [0.15, 0.2) is 0 Å². The van der Waals surface area contributed by atoms with Crippen LogP contribution in [-0.2, 0) is 13.1 Å². The molecule has 0 radical (unpaired) electrons. The fraction of sp³-hybridized carbons (Fsp3) is 0.222. The number of nitrogen functional groups attached to an aromatic ring is 1. The molecule has 0 aliphatic rings. The van der Waals surface area contributed by atoms with E-state index in [1.807, 2.05) is 17.4 Å². The van der Waals surface area contributed by atoms with Crippen molar-refractivity contribution in [1.82, 2.24) is 5.32 Å². The van der Waals surface area contributed by atoms with Gasteiger partial charge in [0.2, 0.25) is 0 Å². The summed E-state index contributed by atoms with van der Waals surface area (Å²) in [6.45, 7) is 6.03. The van der Waals surface area contributed by atoms with Gasteiger partial charge in [0.25, 0.3) is 0 Å². The third-order valence-electron chi connectivity index (χ3n) is 3.84. The molecule has 0 aliphatic carbocycles. The van der Waals surface area contributed by atoms with Crippen LogP contribution in [0.4, 0.5) is 5.69 Å². The first-order valence-corrected chi connectivity index (χ1v) is 7.99. The standard InChI is InChI=1S/C18H20N2S/c1-12-7-17(21-13(12)2)11-20-10-16-8-14-5-3-4-6-15(14)9-18(16)19/h3-9,20H,10-11,19H2,1-2H3. The van der Waals surface area contributed by atoms with Gasteiger partial charge in [0.1, 0.15) is 0 Å². The van der Waals surface area contributed by atoms with Crippen LogP contribution in [0, 0.1) is 13.8 Å². The number of benzene rings is 2. The van der Waals surface area contributed by atoms with Crippen molar-refractivity contribution in [3.8, 4) is 0 Å². The molecular weight excluding hydrogens is 276 g/mol. The average molecular weight is 296 g/mol. The fourth-order valence-corrected chi connectivity index (χ4v) is 3.54. The molecule has 3 rings (SSSR count). The smallest absolute Gasteiger partial charge is 0.0366 e. The Kier molecular flexibility index (Phi) is 3.95. The van der Waals surface area contributed by atoms with Crippen LogP contribution in [0.1, 0.15) is 20.9 Å². The largest absolute Gasteiger partial charge is 0.398 e. The SMILES string of the molecule is Cc1cc(CNCc2cc3ccccc3cc2N)sc1C. The van der Waals surface area contributed by atoms with Crippen molar-refractivity contribution in [3.63, 3.8) is 0 Å². The lowest BCUT2D eigenvalue weighted by Gasteiger charge is -2.09. The second-order valence-corrected chi connectivity index (χ2v) is 6.79. The molecule has 2 aromatic carbocycles. The van der Waals surface area contributed by atoms with Crippen LogP contribution >= 0.6 is 11.3 Å². The summed E-state index contributed by atoms with van der Waals surface area (Å²) in [7, 11) is 0. The van der Waals surface area contributed by atoms with Crippen molar-refractivity contribution in [2.75, 3.05) is 5.73 Å². The van der Waals surface area contributed by atoms with Crippen molar-refractivity contribution in [3.05, 3.63) is 63.3 Å². The number of hydrogen-bond donors (Lipinski definition) is 2. The Morgan fingerprint density at radius 2 is 1.71 bits per heavy atom. The van der Waals surface area contributed by atoms with E-state index in [0.717, 1.165) is 18.8 Å². The third kappa shape index (κ3) is 3.09. The Morgan fingerprint density at radius 3 is 2.38 bits per heavy atom. The molecule has 0 fully saturated rings. The van der Waals surface area contributed by atoms with Crippen molar-refractivity contribution >= 4 is 27.8 Å². The highest BCUT2D eigenvalue weighted by Gasteiger charge is 2.04. The lowest BCUT2D eigenvalue weighted by Crippen LogP contribution is -2.13. The molecule has 21 heavy (non-hydrogen) atoms. The molecule has 0 saturated heterocycles. The Hall–Kier alpha value is -1.84. The van der Waals surface area contributed by atoms with Crippen molar-refractivity contribution in [2.24, 2.45) is 0 Å². The van der Waals surface area contributed by atoms with E-state index in [1.54, 1.807) is 0 Å². The van der Waals surface area contributed by atoms with E-state index < -0.39 is 0 Å². The molecule has 3 aromatic rings. The maximum absolute atomic E-state index is 6.16. The Labute approximate surface area is 129 Å². The van der Waals surface area contributed by atoms with Crippen LogP contribution in [0.2, 0.25) is 0 Å². The number of hydrogen-bond acceptors (Lipinski definition) is 3. The van der Waals surface area contributed by atoms with Crippen molar-refractivity contribution in [1.29, 1.82) is 0 Å². The number of thiophene rings is 1. The van der Waals surface area contributed by atoms with Crippen LogP contribution in [0.3, 0.4) is 0 Å². The molecule has 0 amide bonds. The van der Waals surface area contributed by atoms with E-state index in [0.29, 0.717) is 0 Å². The molecule has 1 aromatic heterocycles. The van der Waals surface area contributed by atoms with Gasteiger partial charge in [0, 0.05) is 28.5 Å². The van der Waals surface area contributed by atoms with Crippen LogP contribution in [-0.4, -0.2) is 0 Å². The summed E-state index contributed by atoms with van der Waals surface area (Å²) in [5, 5.41) is 5.93. The van der Waals surface area contributed by atoms with E-state index in [9.17, 15) is 0 Å².